The number of anilines is 1. The van der Waals surface area contributed by atoms with E-state index in [1.165, 1.54) is 0 Å². The van der Waals surface area contributed by atoms with Crippen molar-refractivity contribution >= 4 is 45.0 Å². The Morgan fingerprint density at radius 1 is 1.33 bits per heavy atom. The summed E-state index contributed by atoms with van der Waals surface area (Å²) >= 11 is 10.9. The first-order chi connectivity index (χ1) is 8.54. The van der Waals surface area contributed by atoms with Crippen molar-refractivity contribution in [3.8, 4) is 0 Å². The van der Waals surface area contributed by atoms with Gasteiger partial charge < -0.3 is 5.73 Å². The molecule has 0 atom stereocenters. The number of halogens is 2. The highest BCUT2D eigenvalue weighted by Crippen LogP contribution is 2.29. The molecule has 2 rings (SSSR count). The molecule has 0 amide bonds. The minimum Gasteiger partial charge on any atom is -0.398 e. The minimum atomic E-state index is 0.474. The highest BCUT2D eigenvalue weighted by Gasteiger charge is 2.05. The van der Waals surface area contributed by atoms with Crippen molar-refractivity contribution in [2.24, 2.45) is 0 Å². The molecule has 2 aromatic rings. The van der Waals surface area contributed by atoms with E-state index in [1.54, 1.807) is 17.8 Å². The van der Waals surface area contributed by atoms with Crippen molar-refractivity contribution in [3.05, 3.63) is 45.4 Å². The molecular weight excluding hydrogens is 334 g/mol. The molecule has 1 aromatic carbocycles. The summed E-state index contributed by atoms with van der Waals surface area (Å²) in [6.07, 6.45) is 0. The Balaban J connectivity index is 2.11. The van der Waals surface area contributed by atoms with E-state index in [4.69, 9.17) is 17.3 Å². The number of nitrogen functional groups attached to an aromatic ring is 1. The number of aryl methyl sites for hydroxylation is 1. The smallest absolute Gasteiger partial charge is 0.140 e. The second kappa shape index (κ2) is 5.91. The Labute approximate surface area is 123 Å². The van der Waals surface area contributed by atoms with Gasteiger partial charge in [-0.3, -0.25) is 0 Å². The standard InChI is InChI=1S/C12H11BrClN3S/c1-7-4-11(14)17-12(16-7)6-18-10-3-2-8(13)5-9(10)15/h2-5H,6,15H2,1H3. The molecule has 0 unspecified atom stereocenters. The molecule has 0 fully saturated rings. The summed E-state index contributed by atoms with van der Waals surface area (Å²) in [5, 5.41) is 0.474. The van der Waals surface area contributed by atoms with Gasteiger partial charge in [-0.15, -0.1) is 11.8 Å². The molecule has 1 aromatic heterocycles. The van der Waals surface area contributed by atoms with Crippen LogP contribution in [-0.2, 0) is 5.75 Å². The lowest BCUT2D eigenvalue weighted by Gasteiger charge is -2.06. The van der Waals surface area contributed by atoms with Gasteiger partial charge in [0.15, 0.2) is 0 Å². The quantitative estimate of drug-likeness (QED) is 0.518. The maximum Gasteiger partial charge on any atom is 0.140 e. The summed E-state index contributed by atoms with van der Waals surface area (Å²) in [5.74, 6) is 1.36. The van der Waals surface area contributed by atoms with Gasteiger partial charge in [-0.1, -0.05) is 27.5 Å². The lowest BCUT2D eigenvalue weighted by atomic mass is 10.3. The van der Waals surface area contributed by atoms with Gasteiger partial charge in [-0.25, -0.2) is 9.97 Å². The third-order valence-corrected chi connectivity index (χ3v) is 3.97. The van der Waals surface area contributed by atoms with Gasteiger partial charge >= 0.3 is 0 Å². The number of hydrogen-bond donors (Lipinski definition) is 1. The van der Waals surface area contributed by atoms with Crippen molar-refractivity contribution < 1.29 is 0 Å². The van der Waals surface area contributed by atoms with Gasteiger partial charge in [-0.05, 0) is 31.2 Å². The zero-order valence-electron chi connectivity index (χ0n) is 9.65. The van der Waals surface area contributed by atoms with Gasteiger partial charge in [0.25, 0.3) is 0 Å². The molecule has 0 aliphatic heterocycles. The summed E-state index contributed by atoms with van der Waals surface area (Å²) in [6, 6.07) is 7.56. The van der Waals surface area contributed by atoms with E-state index < -0.39 is 0 Å². The molecule has 0 radical (unpaired) electrons. The minimum absolute atomic E-state index is 0.474. The van der Waals surface area contributed by atoms with Crippen LogP contribution in [0.3, 0.4) is 0 Å². The fourth-order valence-corrected chi connectivity index (χ4v) is 2.88. The Morgan fingerprint density at radius 3 is 2.78 bits per heavy atom. The van der Waals surface area contributed by atoms with Gasteiger partial charge in [0.1, 0.15) is 11.0 Å². The van der Waals surface area contributed by atoms with Crippen molar-refractivity contribution in [1.82, 2.24) is 9.97 Å². The van der Waals surface area contributed by atoms with Crippen LogP contribution in [0, 0.1) is 6.92 Å². The van der Waals surface area contributed by atoms with Crippen LogP contribution in [0.25, 0.3) is 0 Å². The fraction of sp³-hybridized carbons (Fsp3) is 0.167. The van der Waals surface area contributed by atoms with E-state index in [0.717, 1.165) is 20.7 Å². The summed E-state index contributed by atoms with van der Waals surface area (Å²) in [4.78, 5) is 9.52. The van der Waals surface area contributed by atoms with Crippen LogP contribution < -0.4 is 5.73 Å². The third kappa shape index (κ3) is 3.60. The largest absolute Gasteiger partial charge is 0.398 e. The average Bonchev–Trinajstić information content (AvgIpc) is 2.26. The molecule has 94 valence electrons. The van der Waals surface area contributed by atoms with E-state index in [-0.39, 0.29) is 0 Å². The van der Waals surface area contributed by atoms with E-state index in [2.05, 4.69) is 25.9 Å². The molecule has 0 aliphatic carbocycles. The lowest BCUT2D eigenvalue weighted by molar-refractivity contribution is 0.996. The highest BCUT2D eigenvalue weighted by atomic mass is 79.9. The molecule has 3 nitrogen and oxygen atoms in total. The molecule has 2 N–H and O–H groups in total. The van der Waals surface area contributed by atoms with Crippen LogP contribution in [0.2, 0.25) is 5.15 Å². The van der Waals surface area contributed by atoms with E-state index in [9.17, 15) is 0 Å². The Bertz CT molecular complexity index is 557. The zero-order chi connectivity index (χ0) is 13.1. The monoisotopic (exact) mass is 343 g/mol. The number of nitrogens with two attached hydrogens (primary N) is 1. The maximum absolute atomic E-state index is 5.93. The molecule has 0 saturated carbocycles. The van der Waals surface area contributed by atoms with Crippen LogP contribution in [0.4, 0.5) is 5.69 Å². The summed E-state index contributed by atoms with van der Waals surface area (Å²) in [5.41, 5.74) is 7.54. The highest BCUT2D eigenvalue weighted by molar-refractivity contribution is 9.10. The Kier molecular flexibility index (Phi) is 4.48. The van der Waals surface area contributed by atoms with Gasteiger partial charge in [0.2, 0.25) is 0 Å². The summed E-state index contributed by atoms with van der Waals surface area (Å²) in [7, 11) is 0. The number of thioether (sulfide) groups is 1. The first-order valence-electron chi connectivity index (χ1n) is 5.22. The van der Waals surface area contributed by atoms with Gasteiger partial charge in [-0.2, -0.15) is 0 Å². The van der Waals surface area contributed by atoms with Crippen molar-refractivity contribution in [2.45, 2.75) is 17.6 Å². The average molecular weight is 345 g/mol. The van der Waals surface area contributed by atoms with Crippen LogP contribution in [0.1, 0.15) is 11.5 Å². The Hall–Kier alpha value is -0.780. The van der Waals surface area contributed by atoms with Crippen molar-refractivity contribution in [3.63, 3.8) is 0 Å². The first kappa shape index (κ1) is 13.6. The topological polar surface area (TPSA) is 51.8 Å². The number of hydrogen-bond acceptors (Lipinski definition) is 4. The SMILES string of the molecule is Cc1cc(Cl)nc(CSc2ccc(Br)cc2N)n1. The lowest BCUT2D eigenvalue weighted by Crippen LogP contribution is -1.96. The van der Waals surface area contributed by atoms with Crippen molar-refractivity contribution in [1.29, 1.82) is 0 Å². The zero-order valence-corrected chi connectivity index (χ0v) is 12.8. The van der Waals surface area contributed by atoms with Gasteiger partial charge in [0, 0.05) is 20.7 Å². The number of benzene rings is 1. The molecule has 6 heteroatoms. The molecule has 18 heavy (non-hydrogen) atoms. The first-order valence-corrected chi connectivity index (χ1v) is 7.38. The molecule has 0 aliphatic rings. The Morgan fingerprint density at radius 2 is 2.11 bits per heavy atom. The predicted octanol–water partition coefficient (Wildman–Crippen LogP) is 4.08. The fourth-order valence-electron chi connectivity index (χ4n) is 1.45. The number of nitrogens with zero attached hydrogens (tertiary/aromatic N) is 2. The molecule has 0 bridgehead atoms. The number of rotatable bonds is 3. The second-order valence-electron chi connectivity index (χ2n) is 3.72. The maximum atomic E-state index is 5.93. The van der Waals surface area contributed by atoms with E-state index >= 15 is 0 Å². The molecule has 0 saturated heterocycles. The third-order valence-electron chi connectivity index (χ3n) is 2.20. The van der Waals surface area contributed by atoms with Crippen molar-refractivity contribution in [2.75, 3.05) is 5.73 Å². The predicted molar refractivity (Wildman–Crippen MR) is 79.9 cm³/mol. The molecular formula is C12H11BrClN3S. The van der Waals surface area contributed by atoms with E-state index in [0.29, 0.717) is 16.7 Å². The molecule has 0 spiro atoms. The van der Waals surface area contributed by atoms with Crippen LogP contribution in [-0.4, -0.2) is 9.97 Å². The van der Waals surface area contributed by atoms with Crippen LogP contribution in [0.15, 0.2) is 33.6 Å². The van der Waals surface area contributed by atoms with Crippen LogP contribution >= 0.6 is 39.3 Å². The van der Waals surface area contributed by atoms with Crippen LogP contribution in [0.5, 0.6) is 0 Å². The normalized spacial score (nSPS) is 10.6. The summed E-state index contributed by atoms with van der Waals surface area (Å²) < 4.78 is 0.971. The molecule has 1 heterocycles. The van der Waals surface area contributed by atoms with Gasteiger partial charge in [0.05, 0.1) is 5.75 Å². The summed E-state index contributed by atoms with van der Waals surface area (Å²) in [6.45, 7) is 1.90. The van der Waals surface area contributed by atoms with E-state index in [1.807, 2.05) is 25.1 Å². The number of aromatic nitrogens is 2. The second-order valence-corrected chi connectivity index (χ2v) is 6.04.